The molecule has 0 saturated heterocycles. The number of rotatable bonds is 1. The van der Waals surface area contributed by atoms with Crippen molar-refractivity contribution in [3.8, 4) is 6.07 Å². The number of esters is 1. The number of pyridine rings is 1. The van der Waals surface area contributed by atoms with E-state index in [1.807, 2.05) is 30.4 Å². The topological polar surface area (TPSA) is 63.0 Å². The summed E-state index contributed by atoms with van der Waals surface area (Å²) in [6.07, 6.45) is 4.83. The molecule has 3 rings (SSSR count). The van der Waals surface area contributed by atoms with Crippen LogP contribution in [-0.2, 0) is 9.53 Å². The van der Waals surface area contributed by atoms with Crippen LogP contribution in [0.3, 0.4) is 0 Å². The second-order valence-electron chi connectivity index (χ2n) is 4.72. The quantitative estimate of drug-likeness (QED) is 0.751. The first-order chi connectivity index (χ1) is 10.2. The van der Waals surface area contributed by atoms with Gasteiger partial charge in [-0.05, 0) is 23.8 Å². The number of hydrogen-bond acceptors (Lipinski definition) is 4. The van der Waals surface area contributed by atoms with Crippen LogP contribution in [0.2, 0.25) is 0 Å². The smallest absolute Gasteiger partial charge is 0.303 e. The molecule has 21 heavy (non-hydrogen) atoms. The van der Waals surface area contributed by atoms with Crippen LogP contribution in [0.1, 0.15) is 41.0 Å². The molecule has 0 spiro atoms. The zero-order valence-electron chi connectivity index (χ0n) is 11.4. The number of fused-ring (bicyclic) bond motifs is 2. The normalized spacial score (nSPS) is 15.3. The molecule has 2 aromatic rings. The lowest BCUT2D eigenvalue weighted by atomic mass is 9.95. The van der Waals surface area contributed by atoms with Gasteiger partial charge in [0.05, 0.1) is 17.3 Å². The Bertz CT molecular complexity index is 788. The van der Waals surface area contributed by atoms with E-state index in [0.29, 0.717) is 5.56 Å². The average Bonchev–Trinajstić information content (AvgIpc) is 2.65. The Morgan fingerprint density at radius 2 is 2.05 bits per heavy atom. The van der Waals surface area contributed by atoms with Crippen molar-refractivity contribution >= 4 is 18.1 Å². The molecule has 1 aromatic heterocycles. The molecule has 0 saturated carbocycles. The molecular weight excluding hydrogens is 264 g/mol. The molecule has 0 bridgehead atoms. The minimum absolute atomic E-state index is 0.370. The highest BCUT2D eigenvalue weighted by Gasteiger charge is 2.25. The summed E-state index contributed by atoms with van der Waals surface area (Å²) < 4.78 is 5.50. The minimum Gasteiger partial charge on any atom is -0.453 e. The third-order valence-electron chi connectivity index (χ3n) is 3.39. The van der Waals surface area contributed by atoms with Crippen molar-refractivity contribution in [1.82, 2.24) is 4.98 Å². The van der Waals surface area contributed by atoms with Crippen LogP contribution in [0.4, 0.5) is 0 Å². The van der Waals surface area contributed by atoms with Crippen LogP contribution >= 0.6 is 0 Å². The van der Waals surface area contributed by atoms with Crippen LogP contribution in [-0.4, -0.2) is 11.0 Å². The monoisotopic (exact) mass is 276 g/mol. The highest BCUT2D eigenvalue weighted by atomic mass is 16.5. The van der Waals surface area contributed by atoms with Gasteiger partial charge in [0.15, 0.2) is 6.10 Å². The lowest BCUT2D eigenvalue weighted by Crippen LogP contribution is -2.12. The van der Waals surface area contributed by atoms with Crippen LogP contribution in [0, 0.1) is 11.3 Å². The van der Waals surface area contributed by atoms with Crippen LogP contribution < -0.4 is 0 Å². The van der Waals surface area contributed by atoms with Gasteiger partial charge in [0.25, 0.3) is 0 Å². The molecule has 4 heteroatoms. The van der Waals surface area contributed by atoms with Gasteiger partial charge in [-0.2, -0.15) is 5.26 Å². The molecular formula is C17H12N2O2. The molecule has 1 unspecified atom stereocenters. The van der Waals surface area contributed by atoms with Gasteiger partial charge in [-0.3, -0.25) is 9.78 Å². The molecule has 1 heterocycles. The second kappa shape index (κ2) is 5.22. The molecule has 1 aromatic carbocycles. The van der Waals surface area contributed by atoms with Gasteiger partial charge < -0.3 is 4.74 Å². The van der Waals surface area contributed by atoms with Crippen LogP contribution in [0.15, 0.2) is 36.5 Å². The van der Waals surface area contributed by atoms with Crippen molar-refractivity contribution in [2.24, 2.45) is 0 Å². The molecule has 0 aliphatic heterocycles. The maximum atomic E-state index is 11.5. The largest absolute Gasteiger partial charge is 0.453 e. The standard InChI is InChI=1S/C17H12N2O2/c1-11(20)21-17-14-5-2-4-12(10-18)13(14)7-8-16-15(17)6-3-9-19-16/h2-9,17H,1H3. The molecule has 0 radical (unpaired) electrons. The van der Waals surface area contributed by atoms with E-state index >= 15 is 0 Å². The highest BCUT2D eigenvalue weighted by molar-refractivity contribution is 5.78. The summed E-state index contributed by atoms with van der Waals surface area (Å²) in [5, 5.41) is 9.26. The van der Waals surface area contributed by atoms with E-state index in [1.54, 1.807) is 18.3 Å². The van der Waals surface area contributed by atoms with Crippen molar-refractivity contribution in [3.63, 3.8) is 0 Å². The molecule has 4 nitrogen and oxygen atoms in total. The van der Waals surface area contributed by atoms with E-state index in [0.717, 1.165) is 22.4 Å². The first-order valence-corrected chi connectivity index (χ1v) is 6.54. The number of nitriles is 1. The van der Waals surface area contributed by atoms with Gasteiger partial charge in [-0.1, -0.05) is 24.3 Å². The maximum absolute atomic E-state index is 11.5. The van der Waals surface area contributed by atoms with Crippen molar-refractivity contribution < 1.29 is 9.53 Å². The predicted octanol–water partition coefficient (Wildman–Crippen LogP) is 3.09. The summed E-state index contributed by atoms with van der Waals surface area (Å²) in [6, 6.07) is 11.3. The van der Waals surface area contributed by atoms with Gasteiger partial charge in [0.2, 0.25) is 0 Å². The van der Waals surface area contributed by atoms with E-state index in [1.165, 1.54) is 6.92 Å². The zero-order chi connectivity index (χ0) is 14.8. The number of nitrogens with zero attached hydrogens (tertiary/aromatic N) is 2. The summed E-state index contributed by atoms with van der Waals surface area (Å²) in [6.45, 7) is 1.38. The molecule has 102 valence electrons. The number of ether oxygens (including phenoxy) is 1. The number of carbonyl (C=O) groups excluding carboxylic acids is 1. The Morgan fingerprint density at radius 1 is 1.24 bits per heavy atom. The Kier molecular flexibility index (Phi) is 3.25. The maximum Gasteiger partial charge on any atom is 0.303 e. The molecule has 1 aliphatic rings. The summed E-state index contributed by atoms with van der Waals surface area (Å²) in [5.41, 5.74) is 3.67. The Hall–Kier alpha value is -2.93. The first-order valence-electron chi connectivity index (χ1n) is 6.54. The van der Waals surface area contributed by atoms with Crippen LogP contribution in [0.25, 0.3) is 12.2 Å². The molecule has 0 amide bonds. The Balaban J connectivity index is 2.27. The van der Waals surface area contributed by atoms with Crippen molar-refractivity contribution in [3.05, 3.63) is 64.5 Å². The van der Waals surface area contributed by atoms with E-state index in [9.17, 15) is 10.1 Å². The van der Waals surface area contributed by atoms with Crippen molar-refractivity contribution in [2.45, 2.75) is 13.0 Å². The highest BCUT2D eigenvalue weighted by Crippen LogP contribution is 2.35. The van der Waals surface area contributed by atoms with Gasteiger partial charge in [0, 0.05) is 24.2 Å². The fraction of sp³-hybridized carbons (Fsp3) is 0.118. The van der Waals surface area contributed by atoms with Gasteiger partial charge in [-0.15, -0.1) is 0 Å². The SMILES string of the molecule is CC(=O)OC1c2cccnc2C=Cc2c(C#N)cccc21. The third kappa shape index (κ3) is 2.30. The molecule has 1 atom stereocenters. The van der Waals surface area contributed by atoms with E-state index in [4.69, 9.17) is 4.74 Å². The molecule has 1 aliphatic carbocycles. The van der Waals surface area contributed by atoms with Crippen molar-refractivity contribution in [2.75, 3.05) is 0 Å². The third-order valence-corrected chi connectivity index (χ3v) is 3.39. The fourth-order valence-electron chi connectivity index (χ4n) is 2.51. The minimum atomic E-state index is -0.551. The van der Waals surface area contributed by atoms with E-state index < -0.39 is 6.10 Å². The summed E-state index contributed by atoms with van der Waals surface area (Å²) in [4.78, 5) is 15.8. The zero-order valence-corrected chi connectivity index (χ0v) is 11.4. The Labute approximate surface area is 122 Å². The lowest BCUT2D eigenvalue weighted by Gasteiger charge is -2.19. The summed E-state index contributed by atoms with van der Waals surface area (Å²) >= 11 is 0. The van der Waals surface area contributed by atoms with Crippen molar-refractivity contribution in [1.29, 1.82) is 5.26 Å². The molecule has 0 fully saturated rings. The van der Waals surface area contributed by atoms with E-state index in [2.05, 4.69) is 11.1 Å². The first kappa shape index (κ1) is 13.1. The molecule has 0 N–H and O–H groups in total. The predicted molar refractivity (Wildman–Crippen MR) is 77.9 cm³/mol. The fourth-order valence-corrected chi connectivity index (χ4v) is 2.51. The Morgan fingerprint density at radius 3 is 2.81 bits per heavy atom. The summed E-state index contributed by atoms with van der Waals surface area (Å²) in [7, 11) is 0. The van der Waals surface area contributed by atoms with Gasteiger partial charge in [0.1, 0.15) is 0 Å². The number of carbonyl (C=O) groups is 1. The number of aromatic nitrogens is 1. The second-order valence-corrected chi connectivity index (χ2v) is 4.72. The van der Waals surface area contributed by atoms with Gasteiger partial charge in [-0.25, -0.2) is 0 Å². The van der Waals surface area contributed by atoms with Crippen LogP contribution in [0.5, 0.6) is 0 Å². The lowest BCUT2D eigenvalue weighted by molar-refractivity contribution is -0.144. The number of benzene rings is 1. The van der Waals surface area contributed by atoms with Gasteiger partial charge >= 0.3 is 5.97 Å². The summed E-state index contributed by atoms with van der Waals surface area (Å²) in [5.74, 6) is -0.370. The average molecular weight is 276 g/mol. The number of hydrogen-bond donors (Lipinski definition) is 0. The van der Waals surface area contributed by atoms with E-state index in [-0.39, 0.29) is 5.97 Å².